The Hall–Kier alpha value is -1.38. The van der Waals surface area contributed by atoms with E-state index in [-0.39, 0.29) is 5.78 Å². The smallest absolute Gasteiger partial charge is 0.316 e. The molecule has 0 aromatic rings. The number of carboxylic acid groups (broad SMARTS) is 1. The van der Waals surface area contributed by atoms with Crippen molar-refractivity contribution in [1.82, 2.24) is 0 Å². The van der Waals surface area contributed by atoms with Gasteiger partial charge in [-0.3, -0.25) is 9.59 Å². The van der Waals surface area contributed by atoms with Gasteiger partial charge in [-0.2, -0.15) is 0 Å². The van der Waals surface area contributed by atoms with Crippen molar-refractivity contribution in [2.75, 3.05) is 0 Å². The van der Waals surface area contributed by atoms with Crippen molar-refractivity contribution in [2.45, 2.75) is 46.5 Å². The molecule has 1 unspecified atom stereocenters. The van der Waals surface area contributed by atoms with Crippen LogP contribution < -0.4 is 0 Å². The Kier molecular flexibility index (Phi) is 4.27. The molecule has 1 aliphatic rings. The van der Waals surface area contributed by atoms with E-state index in [0.29, 0.717) is 12.8 Å². The maximum Gasteiger partial charge on any atom is 0.316 e. The fraction of sp³-hybridized carbons (Fsp3) is 0.571. The van der Waals surface area contributed by atoms with E-state index in [1.54, 1.807) is 0 Å². The average Bonchev–Trinajstić information content (AvgIpc) is 2.27. The van der Waals surface area contributed by atoms with Crippen LogP contribution in [0.3, 0.4) is 0 Å². The summed E-state index contributed by atoms with van der Waals surface area (Å²) in [6, 6.07) is 0. The molecule has 0 aromatic carbocycles. The van der Waals surface area contributed by atoms with E-state index in [1.807, 2.05) is 0 Å². The SMILES string of the molecule is CC(=O)C(C)(CCC1=CC=C(C)CC1)C(=O)O. The number of hydrogen-bond donors (Lipinski definition) is 1. The van der Waals surface area contributed by atoms with Crippen LogP contribution in [0.25, 0.3) is 0 Å². The van der Waals surface area contributed by atoms with Crippen LogP contribution in [0.4, 0.5) is 0 Å². The Morgan fingerprint density at radius 2 is 2.00 bits per heavy atom. The lowest BCUT2D eigenvalue weighted by molar-refractivity contribution is -0.153. The molecule has 3 nitrogen and oxygen atoms in total. The van der Waals surface area contributed by atoms with Crippen LogP contribution in [-0.4, -0.2) is 16.9 Å². The zero-order valence-electron chi connectivity index (χ0n) is 10.7. The summed E-state index contributed by atoms with van der Waals surface area (Å²) >= 11 is 0. The number of carbonyl (C=O) groups is 2. The summed E-state index contributed by atoms with van der Waals surface area (Å²) in [5.74, 6) is -1.29. The van der Waals surface area contributed by atoms with Gasteiger partial charge in [0.2, 0.25) is 0 Å². The number of rotatable bonds is 5. The first-order valence-electron chi connectivity index (χ1n) is 5.96. The number of carboxylic acids is 1. The van der Waals surface area contributed by atoms with Gasteiger partial charge in [-0.15, -0.1) is 0 Å². The fourth-order valence-electron chi connectivity index (χ4n) is 1.84. The highest BCUT2D eigenvalue weighted by molar-refractivity contribution is 6.01. The molecule has 0 radical (unpaired) electrons. The van der Waals surface area contributed by atoms with Gasteiger partial charge in [-0.1, -0.05) is 23.3 Å². The molecule has 1 rings (SSSR count). The maximum atomic E-state index is 11.4. The molecule has 1 N–H and O–H groups in total. The van der Waals surface area contributed by atoms with Crippen molar-refractivity contribution in [1.29, 1.82) is 0 Å². The summed E-state index contributed by atoms with van der Waals surface area (Å²) in [7, 11) is 0. The topological polar surface area (TPSA) is 54.4 Å². The number of Topliss-reactive ketones (excluding diaryl/α,β-unsaturated/α-hetero) is 1. The lowest BCUT2D eigenvalue weighted by Crippen LogP contribution is -2.34. The average molecular weight is 236 g/mol. The highest BCUT2D eigenvalue weighted by Gasteiger charge is 2.37. The van der Waals surface area contributed by atoms with E-state index in [0.717, 1.165) is 12.8 Å². The molecule has 0 aromatic heterocycles. The minimum Gasteiger partial charge on any atom is -0.481 e. The minimum absolute atomic E-state index is 0.270. The van der Waals surface area contributed by atoms with Gasteiger partial charge in [0.15, 0.2) is 0 Å². The molecule has 0 saturated carbocycles. The lowest BCUT2D eigenvalue weighted by Gasteiger charge is -2.22. The molecule has 0 bridgehead atoms. The van der Waals surface area contributed by atoms with E-state index < -0.39 is 11.4 Å². The van der Waals surface area contributed by atoms with Crippen LogP contribution in [0.15, 0.2) is 23.3 Å². The summed E-state index contributed by atoms with van der Waals surface area (Å²) in [5, 5.41) is 9.12. The second kappa shape index (κ2) is 5.30. The third kappa shape index (κ3) is 3.29. The Bertz CT molecular complexity index is 374. The predicted molar refractivity (Wildman–Crippen MR) is 66.7 cm³/mol. The molecule has 0 aliphatic heterocycles. The van der Waals surface area contributed by atoms with Gasteiger partial charge in [-0.05, 0) is 46.5 Å². The van der Waals surface area contributed by atoms with Crippen molar-refractivity contribution < 1.29 is 14.7 Å². The highest BCUT2D eigenvalue weighted by Crippen LogP contribution is 2.30. The van der Waals surface area contributed by atoms with E-state index in [4.69, 9.17) is 5.11 Å². The first kappa shape index (κ1) is 13.7. The molecule has 1 aliphatic carbocycles. The molecule has 0 saturated heterocycles. The Morgan fingerprint density at radius 1 is 1.35 bits per heavy atom. The standard InChI is InChI=1S/C14H20O3/c1-10-4-6-12(7-5-10)8-9-14(3,11(2)15)13(16)17/h4,6H,5,7-9H2,1-3H3,(H,16,17). The molecule has 94 valence electrons. The van der Waals surface area contributed by atoms with Gasteiger partial charge >= 0.3 is 5.97 Å². The Morgan fingerprint density at radius 3 is 2.41 bits per heavy atom. The molecular formula is C14H20O3. The third-order valence-corrected chi connectivity index (χ3v) is 3.64. The van der Waals surface area contributed by atoms with Crippen molar-refractivity contribution in [3.63, 3.8) is 0 Å². The predicted octanol–water partition coefficient (Wildman–Crippen LogP) is 3.11. The summed E-state index contributed by atoms with van der Waals surface area (Å²) in [5.41, 5.74) is 1.35. The summed E-state index contributed by atoms with van der Waals surface area (Å²) in [6.45, 7) is 4.96. The zero-order valence-corrected chi connectivity index (χ0v) is 10.7. The monoisotopic (exact) mass is 236 g/mol. The number of allylic oxidation sites excluding steroid dienone is 4. The molecule has 0 amide bonds. The third-order valence-electron chi connectivity index (χ3n) is 3.64. The van der Waals surface area contributed by atoms with Gasteiger partial charge < -0.3 is 5.11 Å². The van der Waals surface area contributed by atoms with Crippen molar-refractivity contribution in [2.24, 2.45) is 5.41 Å². The van der Waals surface area contributed by atoms with Crippen LogP contribution in [0.2, 0.25) is 0 Å². The Labute approximate surface area is 102 Å². The van der Waals surface area contributed by atoms with Crippen LogP contribution in [0.5, 0.6) is 0 Å². The van der Waals surface area contributed by atoms with Gasteiger partial charge in [0, 0.05) is 0 Å². The molecule has 0 spiro atoms. The van der Waals surface area contributed by atoms with E-state index in [9.17, 15) is 9.59 Å². The van der Waals surface area contributed by atoms with Gasteiger partial charge in [0.05, 0.1) is 0 Å². The number of ketones is 1. The van der Waals surface area contributed by atoms with E-state index >= 15 is 0 Å². The molecule has 0 fully saturated rings. The van der Waals surface area contributed by atoms with Crippen molar-refractivity contribution in [3.05, 3.63) is 23.3 Å². The van der Waals surface area contributed by atoms with Crippen LogP contribution in [-0.2, 0) is 9.59 Å². The second-order valence-electron chi connectivity index (χ2n) is 5.03. The molecule has 17 heavy (non-hydrogen) atoms. The first-order valence-corrected chi connectivity index (χ1v) is 5.96. The number of aliphatic carboxylic acids is 1. The Balaban J connectivity index is 2.66. The van der Waals surface area contributed by atoms with E-state index in [1.165, 1.54) is 25.0 Å². The van der Waals surface area contributed by atoms with Crippen LogP contribution in [0.1, 0.15) is 46.5 Å². The highest BCUT2D eigenvalue weighted by atomic mass is 16.4. The molecular weight excluding hydrogens is 216 g/mol. The number of hydrogen-bond acceptors (Lipinski definition) is 2. The molecule has 0 heterocycles. The minimum atomic E-state index is -1.24. The van der Waals surface area contributed by atoms with Gasteiger partial charge in [0.1, 0.15) is 11.2 Å². The first-order chi connectivity index (χ1) is 7.86. The lowest BCUT2D eigenvalue weighted by atomic mass is 9.79. The quantitative estimate of drug-likeness (QED) is 0.746. The maximum absolute atomic E-state index is 11.4. The molecule has 1 atom stereocenters. The fourth-order valence-corrected chi connectivity index (χ4v) is 1.84. The summed E-state index contributed by atoms with van der Waals surface area (Å²) in [4.78, 5) is 22.6. The van der Waals surface area contributed by atoms with Crippen LogP contribution >= 0.6 is 0 Å². The number of carbonyl (C=O) groups excluding carboxylic acids is 1. The van der Waals surface area contributed by atoms with Crippen LogP contribution in [0, 0.1) is 5.41 Å². The van der Waals surface area contributed by atoms with Crippen molar-refractivity contribution in [3.8, 4) is 0 Å². The summed E-state index contributed by atoms with van der Waals surface area (Å²) in [6.07, 6.45) is 7.22. The normalized spacial score (nSPS) is 19.0. The van der Waals surface area contributed by atoms with Gasteiger partial charge in [0.25, 0.3) is 0 Å². The summed E-state index contributed by atoms with van der Waals surface area (Å²) < 4.78 is 0. The zero-order chi connectivity index (χ0) is 13.1. The largest absolute Gasteiger partial charge is 0.481 e. The van der Waals surface area contributed by atoms with Gasteiger partial charge in [-0.25, -0.2) is 0 Å². The second-order valence-corrected chi connectivity index (χ2v) is 5.03. The van der Waals surface area contributed by atoms with Crippen molar-refractivity contribution >= 4 is 11.8 Å². The van der Waals surface area contributed by atoms with E-state index in [2.05, 4.69) is 19.1 Å². The molecule has 3 heteroatoms.